The first kappa shape index (κ1) is 19.2. The minimum absolute atomic E-state index is 0.0441. The number of methoxy groups -OCH3 is 1. The molecular formula is C19H21N3O4S. The first-order chi connectivity index (χ1) is 13.1. The van der Waals surface area contributed by atoms with E-state index < -0.39 is 4.92 Å². The van der Waals surface area contributed by atoms with Crippen LogP contribution in [0.3, 0.4) is 0 Å². The van der Waals surface area contributed by atoms with Crippen LogP contribution >= 0.6 is 11.8 Å². The minimum Gasteiger partial charge on any atom is -0.496 e. The molecule has 1 unspecified atom stereocenters. The van der Waals surface area contributed by atoms with Crippen LogP contribution in [0.5, 0.6) is 5.75 Å². The number of rotatable bonds is 5. The zero-order valence-electron chi connectivity index (χ0n) is 15.2. The summed E-state index contributed by atoms with van der Waals surface area (Å²) in [5.74, 6) is 0.496. The number of ether oxygens (including phenoxy) is 1. The quantitative estimate of drug-likeness (QED) is 0.482. The van der Waals surface area contributed by atoms with Gasteiger partial charge in [0.1, 0.15) is 5.75 Å². The number of amides is 1. The van der Waals surface area contributed by atoms with Crippen LogP contribution < -0.4 is 10.1 Å². The fourth-order valence-electron chi connectivity index (χ4n) is 3.30. The molecule has 1 amide bonds. The fraction of sp³-hybridized carbons (Fsp3) is 0.316. The third-order valence-corrected chi connectivity index (χ3v) is 5.41. The fourth-order valence-corrected chi connectivity index (χ4v) is 3.85. The van der Waals surface area contributed by atoms with Crippen molar-refractivity contribution in [2.45, 2.75) is 10.9 Å². The third kappa shape index (κ3) is 3.91. The third-order valence-electron chi connectivity index (χ3n) is 4.62. The number of nitrogens with one attached hydrogen (secondary N) is 1. The predicted molar refractivity (Wildman–Crippen MR) is 105 cm³/mol. The lowest BCUT2D eigenvalue weighted by molar-refractivity contribution is -0.387. The maximum atomic E-state index is 13.2. The Hall–Kier alpha value is -2.58. The summed E-state index contributed by atoms with van der Waals surface area (Å²) >= 11 is 1.29. The molecule has 0 spiro atoms. The van der Waals surface area contributed by atoms with Crippen LogP contribution in [0.4, 0.5) is 5.69 Å². The number of hydrogen-bond donors (Lipinski definition) is 1. The maximum Gasteiger partial charge on any atom is 0.283 e. The van der Waals surface area contributed by atoms with Crippen LogP contribution in [0.2, 0.25) is 0 Å². The van der Waals surface area contributed by atoms with E-state index in [1.54, 1.807) is 30.4 Å². The van der Waals surface area contributed by atoms with Gasteiger partial charge in [-0.3, -0.25) is 14.9 Å². The molecule has 0 aromatic heterocycles. The molecule has 1 fully saturated rings. The van der Waals surface area contributed by atoms with E-state index in [9.17, 15) is 14.9 Å². The molecular weight excluding hydrogens is 366 g/mol. The Balaban J connectivity index is 1.97. The van der Waals surface area contributed by atoms with Gasteiger partial charge in [0.15, 0.2) is 0 Å². The molecule has 1 saturated heterocycles. The number of carbonyl (C=O) groups is 1. The van der Waals surface area contributed by atoms with Gasteiger partial charge < -0.3 is 15.0 Å². The summed E-state index contributed by atoms with van der Waals surface area (Å²) < 4.78 is 5.46. The number of thioether (sulfide) groups is 1. The van der Waals surface area contributed by atoms with E-state index in [1.165, 1.54) is 17.8 Å². The summed E-state index contributed by atoms with van der Waals surface area (Å²) in [5, 5.41) is 14.6. The smallest absolute Gasteiger partial charge is 0.283 e. The lowest BCUT2D eigenvalue weighted by Crippen LogP contribution is -2.48. The molecule has 1 atom stereocenters. The van der Waals surface area contributed by atoms with Crippen LogP contribution in [0, 0.1) is 10.1 Å². The van der Waals surface area contributed by atoms with Crippen molar-refractivity contribution in [1.82, 2.24) is 10.2 Å². The van der Waals surface area contributed by atoms with Crippen LogP contribution in [-0.4, -0.2) is 48.7 Å². The number of carbonyl (C=O) groups excluding carboxylic acids is 1. The Morgan fingerprint density at radius 1 is 1.33 bits per heavy atom. The summed E-state index contributed by atoms with van der Waals surface area (Å²) in [5.41, 5.74) is 1.19. The van der Waals surface area contributed by atoms with E-state index in [0.717, 1.165) is 5.56 Å². The molecule has 27 heavy (non-hydrogen) atoms. The predicted octanol–water partition coefficient (Wildman–Crippen LogP) is 3.11. The Bertz CT molecular complexity index is 859. The molecule has 3 rings (SSSR count). The van der Waals surface area contributed by atoms with Crippen molar-refractivity contribution >= 4 is 23.4 Å². The number of nitro groups is 1. The van der Waals surface area contributed by atoms with Gasteiger partial charge in [0.25, 0.3) is 11.6 Å². The van der Waals surface area contributed by atoms with Crippen LogP contribution in [0.1, 0.15) is 22.0 Å². The van der Waals surface area contributed by atoms with Crippen molar-refractivity contribution in [2.75, 3.05) is 33.0 Å². The Morgan fingerprint density at radius 2 is 2.11 bits per heavy atom. The van der Waals surface area contributed by atoms with Crippen LogP contribution in [0.25, 0.3) is 0 Å². The van der Waals surface area contributed by atoms with Crippen molar-refractivity contribution in [3.05, 3.63) is 63.7 Å². The first-order valence-electron chi connectivity index (χ1n) is 8.54. The van der Waals surface area contributed by atoms with Gasteiger partial charge >= 0.3 is 0 Å². The second-order valence-corrected chi connectivity index (χ2v) is 6.95. The average molecular weight is 387 g/mol. The highest BCUT2D eigenvalue weighted by Crippen LogP contribution is 2.33. The maximum absolute atomic E-state index is 13.2. The zero-order chi connectivity index (χ0) is 19.4. The van der Waals surface area contributed by atoms with E-state index in [0.29, 0.717) is 35.8 Å². The highest BCUT2D eigenvalue weighted by Gasteiger charge is 2.31. The number of nitro benzene ring substituents is 1. The summed E-state index contributed by atoms with van der Waals surface area (Å²) in [6.07, 6.45) is 1.78. The van der Waals surface area contributed by atoms with E-state index in [2.05, 4.69) is 5.32 Å². The average Bonchev–Trinajstić information content (AvgIpc) is 2.72. The molecule has 2 aromatic carbocycles. The van der Waals surface area contributed by atoms with Crippen molar-refractivity contribution in [3.8, 4) is 5.75 Å². The van der Waals surface area contributed by atoms with Gasteiger partial charge in [-0.25, -0.2) is 0 Å². The molecule has 0 saturated carbocycles. The van der Waals surface area contributed by atoms with E-state index in [1.807, 2.05) is 24.3 Å². The standard InChI is InChI=1S/C19H21N3O4S/c1-26-17-6-4-3-5-14(17)16-12-20-9-10-21(16)19(23)13-7-8-18(27-2)15(11-13)22(24)25/h3-8,11,16,20H,9-10,12H2,1-2H3. The van der Waals surface area contributed by atoms with Crippen molar-refractivity contribution in [3.63, 3.8) is 0 Å². The van der Waals surface area contributed by atoms with Crippen LogP contribution in [-0.2, 0) is 0 Å². The number of hydrogen-bond acceptors (Lipinski definition) is 6. The molecule has 1 aliphatic rings. The summed E-state index contributed by atoms with van der Waals surface area (Å²) in [7, 11) is 1.60. The molecule has 7 nitrogen and oxygen atoms in total. The molecule has 1 heterocycles. The number of piperazine rings is 1. The van der Waals surface area contributed by atoms with Gasteiger partial charge in [0.2, 0.25) is 0 Å². The molecule has 0 aliphatic carbocycles. The second kappa shape index (κ2) is 8.41. The molecule has 2 aromatic rings. The van der Waals surface area contributed by atoms with Gasteiger partial charge in [-0.05, 0) is 24.5 Å². The van der Waals surface area contributed by atoms with Gasteiger partial charge in [0.05, 0.1) is 23.0 Å². The Morgan fingerprint density at radius 3 is 2.81 bits per heavy atom. The number of nitrogens with zero attached hydrogens (tertiary/aromatic N) is 2. The monoisotopic (exact) mass is 387 g/mol. The lowest BCUT2D eigenvalue weighted by atomic mass is 10.0. The largest absolute Gasteiger partial charge is 0.496 e. The van der Waals surface area contributed by atoms with Gasteiger partial charge in [-0.2, -0.15) is 0 Å². The minimum atomic E-state index is -0.446. The van der Waals surface area contributed by atoms with Gasteiger partial charge in [0, 0.05) is 36.8 Å². The first-order valence-corrected chi connectivity index (χ1v) is 9.76. The summed E-state index contributed by atoms with van der Waals surface area (Å²) in [6, 6.07) is 12.1. The lowest BCUT2D eigenvalue weighted by Gasteiger charge is -2.37. The van der Waals surface area contributed by atoms with Crippen molar-refractivity contribution in [2.24, 2.45) is 0 Å². The van der Waals surface area contributed by atoms with Crippen LogP contribution in [0.15, 0.2) is 47.4 Å². The SMILES string of the molecule is COc1ccccc1C1CNCCN1C(=O)c1ccc(SC)c([N+](=O)[O-])c1. The Kier molecular flexibility index (Phi) is 5.98. The molecule has 0 radical (unpaired) electrons. The highest BCUT2D eigenvalue weighted by molar-refractivity contribution is 7.98. The highest BCUT2D eigenvalue weighted by atomic mass is 32.2. The van der Waals surface area contributed by atoms with Crippen molar-refractivity contribution in [1.29, 1.82) is 0 Å². The van der Waals surface area contributed by atoms with Gasteiger partial charge in [-0.1, -0.05) is 18.2 Å². The zero-order valence-corrected chi connectivity index (χ0v) is 16.0. The van der Waals surface area contributed by atoms with E-state index in [4.69, 9.17) is 4.74 Å². The molecule has 0 bridgehead atoms. The Labute approximate surface area is 161 Å². The summed E-state index contributed by atoms with van der Waals surface area (Å²) in [6.45, 7) is 1.78. The molecule has 8 heteroatoms. The van der Waals surface area contributed by atoms with E-state index in [-0.39, 0.29) is 17.6 Å². The molecule has 142 valence electrons. The summed E-state index contributed by atoms with van der Waals surface area (Å²) in [4.78, 5) is 26.4. The van der Waals surface area contributed by atoms with Gasteiger partial charge in [-0.15, -0.1) is 11.8 Å². The number of para-hydroxylation sites is 1. The molecule has 1 aliphatic heterocycles. The normalized spacial score (nSPS) is 16.8. The molecule has 1 N–H and O–H groups in total. The van der Waals surface area contributed by atoms with Crippen molar-refractivity contribution < 1.29 is 14.5 Å². The number of benzene rings is 2. The topological polar surface area (TPSA) is 84.7 Å². The second-order valence-electron chi connectivity index (χ2n) is 6.10. The van der Waals surface area contributed by atoms with E-state index >= 15 is 0 Å².